The second kappa shape index (κ2) is 5.08. The van der Waals surface area contributed by atoms with Crippen molar-refractivity contribution in [2.24, 2.45) is 5.73 Å². The quantitative estimate of drug-likeness (QED) is 0.875. The number of thioether (sulfide) groups is 1. The number of nitrogens with two attached hydrogens (primary N) is 1. The summed E-state index contributed by atoms with van der Waals surface area (Å²) in [5, 5.41) is 0.560. The van der Waals surface area contributed by atoms with Crippen LogP contribution in [0, 0.1) is 0 Å². The van der Waals surface area contributed by atoms with Gasteiger partial charge in [-0.05, 0) is 19.1 Å². The lowest BCUT2D eigenvalue weighted by Crippen LogP contribution is -2.30. The summed E-state index contributed by atoms with van der Waals surface area (Å²) in [5.41, 5.74) is 7.10. The molecule has 0 radical (unpaired) electrons. The molecule has 16 heavy (non-hydrogen) atoms. The molecule has 2 N–H and O–H groups in total. The van der Waals surface area contributed by atoms with Crippen molar-refractivity contribution < 1.29 is 9.47 Å². The Kier molecular flexibility index (Phi) is 3.74. The molecule has 0 aromatic heterocycles. The van der Waals surface area contributed by atoms with Crippen LogP contribution in [0.5, 0.6) is 5.75 Å². The molecule has 1 aliphatic heterocycles. The highest BCUT2D eigenvalue weighted by Gasteiger charge is 2.22. The van der Waals surface area contributed by atoms with Crippen LogP contribution in [0.4, 0.5) is 0 Å². The van der Waals surface area contributed by atoms with E-state index < -0.39 is 0 Å². The van der Waals surface area contributed by atoms with Gasteiger partial charge in [0.15, 0.2) is 0 Å². The lowest BCUT2D eigenvalue weighted by molar-refractivity contribution is 0.0455. The molecule has 3 nitrogen and oxygen atoms in total. The topological polar surface area (TPSA) is 44.5 Å². The third kappa shape index (κ3) is 2.34. The van der Waals surface area contributed by atoms with Crippen LogP contribution in [0.25, 0.3) is 0 Å². The Hall–Kier alpha value is -0.710. The highest BCUT2D eigenvalue weighted by Crippen LogP contribution is 2.37. The van der Waals surface area contributed by atoms with E-state index in [-0.39, 0.29) is 6.04 Å². The molecule has 0 bridgehead atoms. The maximum atomic E-state index is 6.00. The molecule has 88 valence electrons. The van der Waals surface area contributed by atoms with Crippen molar-refractivity contribution >= 4 is 11.8 Å². The van der Waals surface area contributed by atoms with Crippen LogP contribution >= 0.6 is 11.8 Å². The molecular formula is C12H17NO2S. The first kappa shape index (κ1) is 11.8. The summed E-state index contributed by atoms with van der Waals surface area (Å²) < 4.78 is 10.5. The van der Waals surface area contributed by atoms with E-state index in [0.717, 1.165) is 24.5 Å². The first-order valence-corrected chi connectivity index (χ1v) is 6.27. The molecule has 1 atom stereocenters. The van der Waals surface area contributed by atoms with E-state index >= 15 is 0 Å². The minimum Gasteiger partial charge on any atom is -0.496 e. The van der Waals surface area contributed by atoms with Crippen molar-refractivity contribution in [3.63, 3.8) is 0 Å². The minimum absolute atomic E-state index is 0.0142. The zero-order valence-electron chi connectivity index (χ0n) is 9.60. The van der Waals surface area contributed by atoms with E-state index in [4.69, 9.17) is 15.2 Å². The summed E-state index contributed by atoms with van der Waals surface area (Å²) in [6.45, 7) is 3.65. The van der Waals surface area contributed by atoms with Gasteiger partial charge < -0.3 is 15.2 Å². The third-order valence-corrected chi connectivity index (χ3v) is 3.82. The minimum atomic E-state index is -0.0142. The van der Waals surface area contributed by atoms with Gasteiger partial charge in [-0.1, -0.05) is 6.07 Å². The van der Waals surface area contributed by atoms with Gasteiger partial charge in [-0.3, -0.25) is 0 Å². The first-order chi connectivity index (χ1) is 7.72. The number of hydrogen-bond donors (Lipinski definition) is 1. The smallest absolute Gasteiger partial charge is 0.124 e. The van der Waals surface area contributed by atoms with Crippen molar-refractivity contribution in [3.8, 4) is 5.75 Å². The average molecular weight is 239 g/mol. The number of hydrogen-bond acceptors (Lipinski definition) is 4. The molecule has 1 heterocycles. The fraction of sp³-hybridized carbons (Fsp3) is 0.500. The fourth-order valence-electron chi connectivity index (χ4n) is 1.72. The van der Waals surface area contributed by atoms with Crippen LogP contribution < -0.4 is 10.5 Å². The third-order valence-electron chi connectivity index (χ3n) is 2.60. The summed E-state index contributed by atoms with van der Waals surface area (Å²) in [7, 11) is 1.68. The van der Waals surface area contributed by atoms with Gasteiger partial charge in [0.2, 0.25) is 0 Å². The molecule has 0 saturated carbocycles. The number of benzene rings is 1. The van der Waals surface area contributed by atoms with Gasteiger partial charge in [0, 0.05) is 16.5 Å². The molecule has 1 saturated heterocycles. The zero-order valence-corrected chi connectivity index (χ0v) is 10.4. The Bertz CT molecular complexity index is 364. The van der Waals surface area contributed by atoms with Gasteiger partial charge in [-0.2, -0.15) is 0 Å². The number of rotatable bonds is 4. The summed E-state index contributed by atoms with van der Waals surface area (Å²) in [4.78, 5) is 1.21. The van der Waals surface area contributed by atoms with Gasteiger partial charge in [-0.15, -0.1) is 11.8 Å². The van der Waals surface area contributed by atoms with Crippen LogP contribution in [0.15, 0.2) is 23.1 Å². The Morgan fingerprint density at radius 2 is 2.25 bits per heavy atom. The van der Waals surface area contributed by atoms with Crippen LogP contribution in [0.2, 0.25) is 0 Å². The zero-order chi connectivity index (χ0) is 11.5. The molecule has 4 heteroatoms. The SMILES string of the molecule is COc1cccc(SC2COC2)c1C(C)N. The van der Waals surface area contributed by atoms with Crippen molar-refractivity contribution in [2.75, 3.05) is 20.3 Å². The van der Waals surface area contributed by atoms with Crippen molar-refractivity contribution in [3.05, 3.63) is 23.8 Å². The van der Waals surface area contributed by atoms with Gasteiger partial charge >= 0.3 is 0 Å². The van der Waals surface area contributed by atoms with Gasteiger partial charge in [0.05, 0.1) is 25.6 Å². The maximum Gasteiger partial charge on any atom is 0.124 e. The van der Waals surface area contributed by atoms with Crippen LogP contribution in [0.3, 0.4) is 0 Å². The van der Waals surface area contributed by atoms with Crippen LogP contribution in [-0.2, 0) is 4.74 Å². The van der Waals surface area contributed by atoms with E-state index in [0.29, 0.717) is 5.25 Å². The predicted octanol–water partition coefficient (Wildman–Crippen LogP) is 2.21. The Morgan fingerprint density at radius 1 is 1.50 bits per heavy atom. The van der Waals surface area contributed by atoms with Crippen LogP contribution in [0.1, 0.15) is 18.5 Å². The molecule has 0 amide bonds. The summed E-state index contributed by atoms with van der Waals surface area (Å²) in [5.74, 6) is 0.875. The Labute approximate surface area is 100 Å². The first-order valence-electron chi connectivity index (χ1n) is 5.39. The van der Waals surface area contributed by atoms with E-state index in [2.05, 4.69) is 6.07 Å². The summed E-state index contributed by atoms with van der Waals surface area (Å²) in [6, 6.07) is 6.05. The molecule has 1 aliphatic rings. The number of methoxy groups -OCH3 is 1. The highest BCUT2D eigenvalue weighted by atomic mass is 32.2. The Morgan fingerprint density at radius 3 is 2.75 bits per heavy atom. The fourth-order valence-corrected chi connectivity index (χ4v) is 2.97. The van der Waals surface area contributed by atoms with Gasteiger partial charge in [-0.25, -0.2) is 0 Å². The second-order valence-electron chi connectivity index (χ2n) is 3.94. The van der Waals surface area contributed by atoms with Crippen LogP contribution in [-0.4, -0.2) is 25.6 Å². The lowest BCUT2D eigenvalue weighted by atomic mass is 10.1. The Balaban J connectivity index is 2.26. The molecule has 1 unspecified atom stereocenters. The highest BCUT2D eigenvalue weighted by molar-refractivity contribution is 8.00. The molecule has 0 spiro atoms. The van der Waals surface area contributed by atoms with Gasteiger partial charge in [0.25, 0.3) is 0 Å². The standard InChI is InChI=1S/C12H17NO2S/c1-8(13)12-10(14-2)4-3-5-11(12)16-9-6-15-7-9/h3-5,8-9H,6-7,13H2,1-2H3. The summed E-state index contributed by atoms with van der Waals surface area (Å²) in [6.07, 6.45) is 0. The van der Waals surface area contributed by atoms with E-state index in [1.807, 2.05) is 30.8 Å². The molecule has 2 rings (SSSR count). The van der Waals surface area contributed by atoms with E-state index in [1.54, 1.807) is 7.11 Å². The second-order valence-corrected chi connectivity index (χ2v) is 5.28. The maximum absolute atomic E-state index is 6.00. The van der Waals surface area contributed by atoms with Gasteiger partial charge in [0.1, 0.15) is 5.75 Å². The monoisotopic (exact) mass is 239 g/mol. The van der Waals surface area contributed by atoms with E-state index in [1.165, 1.54) is 4.90 Å². The molecular weight excluding hydrogens is 222 g/mol. The molecule has 1 aromatic rings. The van der Waals surface area contributed by atoms with Crippen molar-refractivity contribution in [2.45, 2.75) is 23.1 Å². The van der Waals surface area contributed by atoms with Crippen molar-refractivity contribution in [1.82, 2.24) is 0 Å². The predicted molar refractivity (Wildman–Crippen MR) is 66.1 cm³/mol. The molecule has 1 aromatic carbocycles. The largest absolute Gasteiger partial charge is 0.496 e. The van der Waals surface area contributed by atoms with Crippen molar-refractivity contribution in [1.29, 1.82) is 0 Å². The molecule has 0 aliphatic carbocycles. The lowest BCUT2D eigenvalue weighted by Gasteiger charge is -2.27. The normalized spacial score (nSPS) is 17.9. The average Bonchev–Trinajstić information content (AvgIpc) is 2.22. The van der Waals surface area contributed by atoms with E-state index in [9.17, 15) is 0 Å². The summed E-state index contributed by atoms with van der Waals surface area (Å²) >= 11 is 1.83. The number of ether oxygens (including phenoxy) is 2. The molecule has 1 fully saturated rings.